The number of β-lactam (4-membered cyclic amide) rings is 1. The average molecular weight is 832 g/mol. The van der Waals surface area contributed by atoms with E-state index in [1.807, 2.05) is 4.68 Å². The molecule has 55 heavy (non-hydrogen) atoms. The molecule has 0 radical (unpaired) electrons. The Hall–Kier alpha value is -5.78. The summed E-state index contributed by atoms with van der Waals surface area (Å²) in [4.78, 5) is 66.6. The summed E-state index contributed by atoms with van der Waals surface area (Å²) in [5, 5.41) is 36.6. The smallest absolute Gasteiger partial charge is 0.352 e. The second kappa shape index (κ2) is 16.7. The Morgan fingerprint density at radius 1 is 1.29 bits per heavy atom. The number of aromatic nitrogens is 4. The molecule has 2 amide bonds. The summed E-state index contributed by atoms with van der Waals surface area (Å²) in [5.41, 5.74) is 20.9. The van der Waals surface area contributed by atoms with E-state index in [1.165, 1.54) is 30.5 Å². The van der Waals surface area contributed by atoms with Gasteiger partial charge in [-0.1, -0.05) is 5.16 Å². The lowest BCUT2D eigenvalue weighted by Crippen LogP contribution is -2.71. The van der Waals surface area contributed by atoms with Crippen LogP contribution in [0.3, 0.4) is 0 Å². The van der Waals surface area contributed by atoms with Crippen molar-refractivity contribution in [3.63, 3.8) is 0 Å². The second-order valence-corrected chi connectivity index (χ2v) is 14.8. The summed E-state index contributed by atoms with van der Waals surface area (Å²) in [5.74, 6) is -4.07. The van der Waals surface area contributed by atoms with Gasteiger partial charge in [-0.05, 0) is 20.3 Å². The Labute approximate surface area is 319 Å². The molecule has 5 heterocycles. The van der Waals surface area contributed by atoms with Gasteiger partial charge in [0.2, 0.25) is 33.7 Å². The van der Waals surface area contributed by atoms with Gasteiger partial charge >= 0.3 is 11.9 Å². The first kappa shape index (κ1) is 42.0. The Morgan fingerprint density at radius 3 is 2.53 bits per heavy atom. The number of anilines is 3. The van der Waals surface area contributed by atoms with Crippen LogP contribution in [0.25, 0.3) is 0 Å². The minimum atomic E-state index is -4.92. The van der Waals surface area contributed by atoms with E-state index in [1.54, 1.807) is 10.9 Å². The van der Waals surface area contributed by atoms with E-state index >= 15 is 0 Å². The lowest BCUT2D eigenvalue weighted by atomic mass is 10.0. The van der Waals surface area contributed by atoms with Gasteiger partial charge in [-0.2, -0.15) is 9.36 Å². The number of carboxylic acid groups (broad SMARTS) is 2. The maximum atomic E-state index is 13.5. The number of carboxylic acids is 2. The van der Waals surface area contributed by atoms with Crippen molar-refractivity contribution >= 4 is 91.7 Å². The molecule has 0 spiro atoms. The van der Waals surface area contributed by atoms with Crippen molar-refractivity contribution in [3.05, 3.63) is 23.3 Å². The fourth-order valence-corrected chi connectivity index (χ4v) is 7.06. The van der Waals surface area contributed by atoms with E-state index in [0.29, 0.717) is 30.2 Å². The number of nitrogen functional groups attached to an aromatic ring is 1. The van der Waals surface area contributed by atoms with Gasteiger partial charge in [0.15, 0.2) is 35.1 Å². The van der Waals surface area contributed by atoms with Crippen LogP contribution in [0.1, 0.15) is 26.1 Å². The van der Waals surface area contributed by atoms with E-state index in [2.05, 4.69) is 30.1 Å². The molecular formula is C26H37N15O11S3. The summed E-state index contributed by atoms with van der Waals surface area (Å²) in [6.07, 6.45) is 2.51. The average Bonchev–Trinajstić information content (AvgIpc) is 3.67. The zero-order chi connectivity index (χ0) is 41.0. The van der Waals surface area contributed by atoms with Gasteiger partial charge in [0.25, 0.3) is 11.8 Å². The molecule has 1 saturated heterocycles. The highest BCUT2D eigenvalue weighted by atomic mass is 32.3. The van der Waals surface area contributed by atoms with Crippen LogP contribution in [-0.4, -0.2) is 130 Å². The van der Waals surface area contributed by atoms with E-state index in [9.17, 15) is 29.4 Å². The molecule has 2 aromatic rings. The predicted octanol–water partition coefficient (Wildman–Crippen LogP) is -3.97. The van der Waals surface area contributed by atoms with Crippen LogP contribution in [0, 0.1) is 5.41 Å². The molecule has 2 aromatic heterocycles. The Kier molecular flexibility index (Phi) is 12.7. The quantitative estimate of drug-likeness (QED) is 0.0175. The highest BCUT2D eigenvalue weighted by Gasteiger charge is 2.55. The second-order valence-electron chi connectivity index (χ2n) is 12.1. The van der Waals surface area contributed by atoms with Crippen LogP contribution in [0.15, 0.2) is 27.6 Å². The van der Waals surface area contributed by atoms with Gasteiger partial charge < -0.3 is 58.1 Å². The van der Waals surface area contributed by atoms with E-state index in [-0.39, 0.29) is 54.0 Å². The normalized spacial score (nSPS) is 18.0. The SMILES string of the molecule is CC(C)(O/N=C(\C(=O)N[C@@H]1C(=O)N2C(C(=O)O)=C(C[n+]3cc(N(CCN=C(N)N)C(=N)N)c4n3CCCN4)CS[C@H]12)c1nsc(N)n1)C(=O)O.O=S(=O)([O-])O. The van der Waals surface area contributed by atoms with Crippen LogP contribution in [-0.2, 0) is 47.5 Å². The number of oxime groups is 1. The molecule has 0 bridgehead atoms. The zero-order valence-corrected chi connectivity index (χ0v) is 31.4. The van der Waals surface area contributed by atoms with Crippen LogP contribution in [0.5, 0.6) is 0 Å². The summed E-state index contributed by atoms with van der Waals surface area (Å²) in [7, 11) is -4.92. The fraction of sp³-hybridized carbons (Fsp3) is 0.462. The lowest BCUT2D eigenvalue weighted by Gasteiger charge is -2.49. The topological polar surface area (TPSA) is 413 Å². The third-order valence-electron chi connectivity index (χ3n) is 7.76. The standard InChI is InChI=1S/C26H35N15O7S2.H2O4S/c1-26(2,22(46)47)48-36-13(16-35-25(31)50-37-16)18(42)34-14-19(43)41-15(21(44)45)11(10-49-20(14)41)8-38-9-12(17-32-4-3-6-40(17)38)39(24(29)30)7-5-33-23(27)28;1-5(2,3)4/h9,14,20H,3-8,10H2,1-2H3,(H12,27,28,29,30,31,33,34,35,37,42,44,45,46,47);(H2,1,2,3,4)/b36-13-;/t14-,20-;/m1./s1. The summed E-state index contributed by atoms with van der Waals surface area (Å²) >= 11 is 2.01. The number of nitrogens with two attached hydrogens (primary N) is 4. The number of hydrogen-bond donors (Lipinski definition) is 10. The van der Waals surface area contributed by atoms with Crippen molar-refractivity contribution in [1.82, 2.24) is 24.3 Å². The van der Waals surface area contributed by atoms with Crippen molar-refractivity contribution in [2.24, 2.45) is 27.3 Å². The zero-order valence-electron chi connectivity index (χ0n) is 28.9. The first-order valence-electron chi connectivity index (χ1n) is 15.6. The molecule has 0 aliphatic carbocycles. The number of carbonyl (C=O) groups excluding carboxylic acids is 2. The van der Waals surface area contributed by atoms with E-state index in [4.69, 9.17) is 50.7 Å². The van der Waals surface area contributed by atoms with Gasteiger partial charge in [0.05, 0.1) is 13.1 Å². The number of aliphatic imine (C=N–C) groups is 1. The number of aliphatic carboxylic acids is 2. The van der Waals surface area contributed by atoms with E-state index in [0.717, 1.165) is 22.9 Å². The van der Waals surface area contributed by atoms with Crippen molar-refractivity contribution in [2.75, 3.05) is 41.3 Å². The van der Waals surface area contributed by atoms with Crippen molar-refractivity contribution in [2.45, 2.75) is 50.4 Å². The van der Waals surface area contributed by atoms with Gasteiger partial charge in [-0.25, -0.2) is 18.0 Å². The molecule has 5 rings (SSSR count). The number of thioether (sulfide) groups is 1. The van der Waals surface area contributed by atoms with E-state index < -0.39 is 56.9 Å². The Balaban J connectivity index is 0.00000126. The van der Waals surface area contributed by atoms with Gasteiger partial charge in [-0.3, -0.25) is 29.4 Å². The highest BCUT2D eigenvalue weighted by Crippen LogP contribution is 2.40. The molecule has 29 heteroatoms. The van der Waals surface area contributed by atoms with Crippen LogP contribution >= 0.6 is 23.3 Å². The third kappa shape index (κ3) is 10.1. The maximum absolute atomic E-state index is 13.5. The van der Waals surface area contributed by atoms with Gasteiger partial charge in [-0.15, -0.1) is 21.1 Å². The lowest BCUT2D eigenvalue weighted by molar-refractivity contribution is -0.767. The number of hydrogen-bond acceptors (Lipinski definition) is 17. The third-order valence-corrected chi connectivity index (χ3v) is 9.64. The molecule has 3 aliphatic heterocycles. The Morgan fingerprint density at radius 2 is 1.96 bits per heavy atom. The largest absolute Gasteiger partial charge is 0.726 e. The minimum Gasteiger partial charge on any atom is -0.726 e. The summed E-state index contributed by atoms with van der Waals surface area (Å²) in [6.45, 7) is 4.13. The summed E-state index contributed by atoms with van der Waals surface area (Å²) in [6, 6.07) is -1.16. The number of carbonyl (C=O) groups is 4. The van der Waals surface area contributed by atoms with Crippen molar-refractivity contribution in [1.29, 1.82) is 5.41 Å². The fourth-order valence-electron chi connectivity index (χ4n) is 5.29. The van der Waals surface area contributed by atoms with Crippen molar-refractivity contribution < 1.29 is 56.4 Å². The highest BCUT2D eigenvalue weighted by molar-refractivity contribution is 8.00. The molecule has 2 atom stereocenters. The first-order chi connectivity index (χ1) is 25.6. The molecule has 0 unspecified atom stereocenters. The molecule has 3 aliphatic rings. The molecular weight excluding hydrogens is 795 g/mol. The molecule has 300 valence electrons. The van der Waals surface area contributed by atoms with Crippen molar-refractivity contribution in [3.8, 4) is 0 Å². The number of nitrogens with one attached hydrogen (secondary N) is 3. The predicted molar refractivity (Wildman–Crippen MR) is 193 cm³/mol. The molecule has 0 aromatic carbocycles. The van der Waals surface area contributed by atoms with Gasteiger partial charge in [0.1, 0.15) is 17.1 Å². The minimum absolute atomic E-state index is 0.000427. The van der Waals surface area contributed by atoms with Crippen LogP contribution < -0.4 is 43.1 Å². The van der Waals surface area contributed by atoms with Crippen LogP contribution in [0.4, 0.5) is 16.6 Å². The molecule has 1 fully saturated rings. The first-order valence-corrected chi connectivity index (χ1v) is 18.8. The maximum Gasteiger partial charge on any atom is 0.352 e. The Bertz CT molecular complexity index is 2070. The number of guanidine groups is 2. The number of rotatable bonds is 13. The number of nitrogens with zero attached hydrogens (tertiary/aromatic N) is 8. The van der Waals surface area contributed by atoms with Gasteiger partial charge in [0, 0.05) is 35.9 Å². The molecule has 0 saturated carbocycles. The molecule has 14 N–H and O–H groups in total. The summed E-state index contributed by atoms with van der Waals surface area (Å²) < 4.78 is 40.5. The number of amides is 2. The number of fused-ring (bicyclic) bond motifs is 2. The molecule has 26 nitrogen and oxygen atoms in total. The van der Waals surface area contributed by atoms with Crippen LogP contribution in [0.2, 0.25) is 0 Å². The monoisotopic (exact) mass is 831 g/mol.